The lowest BCUT2D eigenvalue weighted by atomic mass is 10.1. The first kappa shape index (κ1) is 15.0. The molecule has 0 aliphatic heterocycles. The van der Waals surface area contributed by atoms with E-state index in [4.69, 9.17) is 17.3 Å². The number of carbonyl (C=O) groups is 1. The zero-order valence-electron chi connectivity index (χ0n) is 11.6. The number of nitrogens with zero attached hydrogens (tertiary/aromatic N) is 1. The molecule has 1 aromatic carbocycles. The summed E-state index contributed by atoms with van der Waals surface area (Å²) in [6.07, 6.45) is 1.63. The number of fused-ring (bicyclic) bond motifs is 1. The Labute approximate surface area is 136 Å². The first-order chi connectivity index (χ1) is 10.6. The standard InChI is InChI=1S/C16H14ClN3OS/c17-15-14-11(6-7-19-15)8-13(22-14)16(21)20-9-12(18)10-4-2-1-3-5-10/h1-8,12H,9,18H2,(H,20,21). The second kappa shape index (κ2) is 6.44. The smallest absolute Gasteiger partial charge is 0.261 e. The summed E-state index contributed by atoms with van der Waals surface area (Å²) in [7, 11) is 0. The Morgan fingerprint density at radius 1 is 1.32 bits per heavy atom. The van der Waals surface area contributed by atoms with Crippen molar-refractivity contribution in [1.82, 2.24) is 10.3 Å². The Morgan fingerprint density at radius 2 is 2.09 bits per heavy atom. The molecule has 4 nitrogen and oxygen atoms in total. The Balaban J connectivity index is 1.70. The van der Waals surface area contributed by atoms with E-state index in [0.717, 1.165) is 15.6 Å². The van der Waals surface area contributed by atoms with Gasteiger partial charge in [-0.3, -0.25) is 4.79 Å². The fourth-order valence-electron chi connectivity index (χ4n) is 2.15. The van der Waals surface area contributed by atoms with Crippen LogP contribution in [0.25, 0.3) is 10.1 Å². The molecule has 2 heterocycles. The summed E-state index contributed by atoms with van der Waals surface area (Å²) in [4.78, 5) is 16.9. The molecular weight excluding hydrogens is 318 g/mol. The summed E-state index contributed by atoms with van der Waals surface area (Å²) in [5.74, 6) is -0.149. The van der Waals surface area contributed by atoms with E-state index >= 15 is 0 Å². The number of nitrogens with one attached hydrogen (secondary N) is 1. The number of carbonyl (C=O) groups excluding carboxylic acids is 1. The number of aromatic nitrogens is 1. The van der Waals surface area contributed by atoms with Crippen LogP contribution < -0.4 is 11.1 Å². The van der Waals surface area contributed by atoms with Crippen LogP contribution in [0, 0.1) is 0 Å². The molecule has 0 radical (unpaired) electrons. The van der Waals surface area contributed by atoms with E-state index in [2.05, 4.69) is 10.3 Å². The first-order valence-electron chi connectivity index (χ1n) is 6.78. The molecule has 1 amide bonds. The van der Waals surface area contributed by atoms with E-state index in [1.165, 1.54) is 11.3 Å². The molecule has 0 saturated carbocycles. The monoisotopic (exact) mass is 331 g/mol. The maximum absolute atomic E-state index is 12.2. The van der Waals surface area contributed by atoms with Crippen LogP contribution in [0.15, 0.2) is 48.7 Å². The van der Waals surface area contributed by atoms with Gasteiger partial charge in [0.2, 0.25) is 0 Å². The molecule has 22 heavy (non-hydrogen) atoms. The SMILES string of the molecule is NC(CNC(=O)c1cc2ccnc(Cl)c2s1)c1ccccc1. The molecule has 0 spiro atoms. The highest BCUT2D eigenvalue weighted by molar-refractivity contribution is 7.21. The number of benzene rings is 1. The van der Waals surface area contributed by atoms with E-state index in [1.807, 2.05) is 42.5 Å². The van der Waals surface area contributed by atoms with Crippen molar-refractivity contribution in [3.8, 4) is 0 Å². The predicted octanol–water partition coefficient (Wildman–Crippen LogP) is 3.38. The zero-order chi connectivity index (χ0) is 15.5. The van der Waals surface area contributed by atoms with Gasteiger partial charge >= 0.3 is 0 Å². The minimum atomic E-state index is -0.232. The van der Waals surface area contributed by atoms with Gasteiger partial charge in [-0.15, -0.1) is 11.3 Å². The van der Waals surface area contributed by atoms with Gasteiger partial charge in [0.25, 0.3) is 5.91 Å². The van der Waals surface area contributed by atoms with Crippen molar-refractivity contribution in [2.75, 3.05) is 6.54 Å². The third kappa shape index (κ3) is 3.11. The van der Waals surface area contributed by atoms with Crippen LogP contribution in [0.5, 0.6) is 0 Å². The molecule has 2 aromatic heterocycles. The number of thiophene rings is 1. The van der Waals surface area contributed by atoms with Crippen LogP contribution in [0.4, 0.5) is 0 Å². The number of nitrogens with two attached hydrogens (primary N) is 1. The summed E-state index contributed by atoms with van der Waals surface area (Å²) in [5.41, 5.74) is 7.07. The van der Waals surface area contributed by atoms with Crippen molar-refractivity contribution >= 4 is 38.9 Å². The predicted molar refractivity (Wildman–Crippen MR) is 90.3 cm³/mol. The van der Waals surface area contributed by atoms with Gasteiger partial charge in [-0.05, 0) is 23.1 Å². The van der Waals surface area contributed by atoms with Crippen molar-refractivity contribution in [3.63, 3.8) is 0 Å². The van der Waals surface area contributed by atoms with Crippen LogP contribution in [0.1, 0.15) is 21.3 Å². The molecule has 6 heteroatoms. The zero-order valence-corrected chi connectivity index (χ0v) is 13.2. The number of halogens is 1. The minimum absolute atomic E-state index is 0.149. The Hall–Kier alpha value is -1.95. The van der Waals surface area contributed by atoms with Crippen molar-refractivity contribution in [2.24, 2.45) is 5.73 Å². The fraction of sp³-hybridized carbons (Fsp3) is 0.125. The van der Waals surface area contributed by atoms with E-state index in [-0.39, 0.29) is 11.9 Å². The molecule has 0 fully saturated rings. The van der Waals surface area contributed by atoms with Crippen molar-refractivity contribution < 1.29 is 4.79 Å². The quantitative estimate of drug-likeness (QED) is 0.720. The van der Waals surface area contributed by atoms with Gasteiger partial charge in [-0.25, -0.2) is 4.98 Å². The van der Waals surface area contributed by atoms with Crippen LogP contribution in [-0.2, 0) is 0 Å². The number of amides is 1. The van der Waals surface area contributed by atoms with Crippen LogP contribution in [-0.4, -0.2) is 17.4 Å². The van der Waals surface area contributed by atoms with Gasteiger partial charge in [-0.1, -0.05) is 41.9 Å². The average Bonchev–Trinajstić information content (AvgIpc) is 2.99. The van der Waals surface area contributed by atoms with Gasteiger partial charge < -0.3 is 11.1 Å². The maximum atomic E-state index is 12.2. The summed E-state index contributed by atoms with van der Waals surface area (Å²) in [6.45, 7) is 0.378. The molecule has 0 bridgehead atoms. The number of pyridine rings is 1. The summed E-state index contributed by atoms with van der Waals surface area (Å²) >= 11 is 7.36. The molecular formula is C16H14ClN3OS. The first-order valence-corrected chi connectivity index (χ1v) is 7.97. The molecule has 0 aliphatic rings. The maximum Gasteiger partial charge on any atom is 0.261 e. The lowest BCUT2D eigenvalue weighted by molar-refractivity contribution is 0.0955. The highest BCUT2D eigenvalue weighted by atomic mass is 35.5. The Morgan fingerprint density at radius 3 is 2.82 bits per heavy atom. The topological polar surface area (TPSA) is 68.0 Å². The van der Waals surface area contributed by atoms with Crippen LogP contribution in [0.2, 0.25) is 5.15 Å². The summed E-state index contributed by atoms with van der Waals surface area (Å²) < 4.78 is 0.821. The molecule has 3 aromatic rings. The number of hydrogen-bond donors (Lipinski definition) is 2. The molecule has 0 saturated heterocycles. The molecule has 0 aliphatic carbocycles. The fourth-order valence-corrected chi connectivity index (χ4v) is 3.39. The minimum Gasteiger partial charge on any atom is -0.349 e. The van der Waals surface area contributed by atoms with Gasteiger partial charge in [0.15, 0.2) is 0 Å². The van der Waals surface area contributed by atoms with E-state index in [1.54, 1.807) is 6.20 Å². The summed E-state index contributed by atoms with van der Waals surface area (Å²) in [6, 6.07) is 13.1. The average molecular weight is 332 g/mol. The highest BCUT2D eigenvalue weighted by Gasteiger charge is 2.14. The summed E-state index contributed by atoms with van der Waals surface area (Å²) in [5, 5.41) is 4.20. The largest absolute Gasteiger partial charge is 0.349 e. The normalized spacial score (nSPS) is 12.3. The van der Waals surface area contributed by atoms with E-state index < -0.39 is 0 Å². The molecule has 3 N–H and O–H groups in total. The van der Waals surface area contributed by atoms with Gasteiger partial charge in [-0.2, -0.15) is 0 Å². The Kier molecular flexibility index (Phi) is 4.38. The van der Waals surface area contributed by atoms with E-state index in [0.29, 0.717) is 16.6 Å². The van der Waals surface area contributed by atoms with Gasteiger partial charge in [0.05, 0.1) is 9.58 Å². The van der Waals surface area contributed by atoms with E-state index in [9.17, 15) is 4.79 Å². The second-order valence-electron chi connectivity index (χ2n) is 4.86. The van der Waals surface area contributed by atoms with Crippen LogP contribution >= 0.6 is 22.9 Å². The highest BCUT2D eigenvalue weighted by Crippen LogP contribution is 2.30. The molecule has 3 rings (SSSR count). The number of rotatable bonds is 4. The van der Waals surface area contributed by atoms with Crippen molar-refractivity contribution in [3.05, 3.63) is 64.3 Å². The third-order valence-electron chi connectivity index (χ3n) is 3.32. The van der Waals surface area contributed by atoms with Gasteiger partial charge in [0, 0.05) is 18.8 Å². The third-order valence-corrected chi connectivity index (χ3v) is 4.88. The van der Waals surface area contributed by atoms with Gasteiger partial charge in [0.1, 0.15) is 5.15 Å². The van der Waals surface area contributed by atoms with Crippen LogP contribution in [0.3, 0.4) is 0 Å². The van der Waals surface area contributed by atoms with Crippen molar-refractivity contribution in [2.45, 2.75) is 6.04 Å². The molecule has 1 unspecified atom stereocenters. The lowest BCUT2D eigenvalue weighted by Gasteiger charge is -2.12. The number of hydrogen-bond acceptors (Lipinski definition) is 4. The second-order valence-corrected chi connectivity index (χ2v) is 6.27. The van der Waals surface area contributed by atoms with Crippen molar-refractivity contribution in [1.29, 1.82) is 0 Å². The molecule has 112 valence electrons. The Bertz CT molecular complexity index is 804. The lowest BCUT2D eigenvalue weighted by Crippen LogP contribution is -2.31. The molecule has 1 atom stereocenters.